The van der Waals surface area contributed by atoms with E-state index in [1.165, 1.54) is 76.2 Å². The van der Waals surface area contributed by atoms with E-state index in [2.05, 4.69) is 13.5 Å². The van der Waals surface area contributed by atoms with Crippen LogP contribution in [0, 0.1) is 5.92 Å². The second-order valence-corrected chi connectivity index (χ2v) is 5.27. The smallest absolute Gasteiger partial charge is 0.0294 e. The zero-order valence-corrected chi connectivity index (χ0v) is 10.6. The molecule has 0 bridgehead atoms. The molecule has 0 N–H and O–H groups in total. The summed E-state index contributed by atoms with van der Waals surface area (Å²) >= 11 is 0. The fourth-order valence-electron chi connectivity index (χ4n) is 2.71. The van der Waals surface area contributed by atoms with E-state index >= 15 is 0 Å². The summed E-state index contributed by atoms with van der Waals surface area (Å²) in [6.45, 7) is 6.42. The summed E-state index contributed by atoms with van der Waals surface area (Å²) < 4.78 is 0. The highest BCUT2D eigenvalue weighted by Crippen LogP contribution is 2.30. The lowest BCUT2D eigenvalue weighted by molar-refractivity contribution is 0.376. The molecule has 1 aliphatic rings. The van der Waals surface area contributed by atoms with E-state index in [1.54, 1.807) is 0 Å². The zero-order chi connectivity index (χ0) is 10.9. The normalized spacial score (nSPS) is 21.9. The maximum atomic E-state index is 4.13. The van der Waals surface area contributed by atoms with Gasteiger partial charge in [0.05, 0.1) is 0 Å². The molecule has 0 heteroatoms. The summed E-state index contributed by atoms with van der Waals surface area (Å²) in [5.41, 5.74) is 1.51. The highest BCUT2D eigenvalue weighted by Gasteiger charge is 2.14. The topological polar surface area (TPSA) is 0 Å². The third-order valence-electron chi connectivity index (χ3n) is 3.69. The van der Waals surface area contributed by atoms with Crippen molar-refractivity contribution in [2.45, 2.75) is 77.6 Å². The highest BCUT2D eigenvalue weighted by molar-refractivity contribution is 4.98. The van der Waals surface area contributed by atoms with E-state index < -0.39 is 0 Å². The van der Waals surface area contributed by atoms with E-state index in [0.29, 0.717) is 0 Å². The van der Waals surface area contributed by atoms with Gasteiger partial charge in [-0.1, -0.05) is 64.0 Å². The van der Waals surface area contributed by atoms with Gasteiger partial charge in [-0.3, -0.25) is 0 Å². The molecule has 0 aromatic rings. The monoisotopic (exact) mass is 208 g/mol. The van der Waals surface area contributed by atoms with Gasteiger partial charge in [-0.05, 0) is 31.6 Å². The van der Waals surface area contributed by atoms with Gasteiger partial charge in [-0.2, -0.15) is 0 Å². The van der Waals surface area contributed by atoms with Gasteiger partial charge in [0.2, 0.25) is 0 Å². The van der Waals surface area contributed by atoms with E-state index in [-0.39, 0.29) is 0 Å². The highest BCUT2D eigenvalue weighted by atomic mass is 14.2. The number of hydrogen-bond acceptors (Lipinski definition) is 0. The van der Waals surface area contributed by atoms with Crippen LogP contribution in [0.15, 0.2) is 12.2 Å². The predicted molar refractivity (Wildman–Crippen MR) is 69.1 cm³/mol. The molecule has 88 valence electrons. The lowest BCUT2D eigenvalue weighted by Gasteiger charge is -2.23. The van der Waals surface area contributed by atoms with Gasteiger partial charge in [0.15, 0.2) is 0 Å². The fraction of sp³-hybridized carbons (Fsp3) is 0.867. The molecular weight excluding hydrogens is 180 g/mol. The Kier molecular flexibility index (Phi) is 6.80. The number of rotatable bonds is 7. The molecule has 0 nitrogen and oxygen atoms in total. The van der Waals surface area contributed by atoms with Crippen molar-refractivity contribution in [3.8, 4) is 0 Å². The molecule has 1 saturated carbocycles. The molecule has 0 aliphatic heterocycles. The van der Waals surface area contributed by atoms with Crippen LogP contribution in [-0.2, 0) is 0 Å². The number of unbranched alkanes of at least 4 members (excludes halogenated alkanes) is 5. The Hall–Kier alpha value is -0.260. The lowest BCUT2D eigenvalue weighted by Crippen LogP contribution is -2.07. The maximum absolute atomic E-state index is 4.13. The van der Waals surface area contributed by atoms with Crippen molar-refractivity contribution in [2.75, 3.05) is 0 Å². The largest absolute Gasteiger partial charge is 0.0999 e. The average Bonchev–Trinajstić information content (AvgIpc) is 2.23. The Balaban J connectivity index is 1.92. The molecule has 1 atom stereocenters. The van der Waals surface area contributed by atoms with Gasteiger partial charge in [-0.25, -0.2) is 0 Å². The Morgan fingerprint density at radius 1 is 1.13 bits per heavy atom. The van der Waals surface area contributed by atoms with Gasteiger partial charge >= 0.3 is 0 Å². The molecule has 1 aliphatic carbocycles. The van der Waals surface area contributed by atoms with Gasteiger partial charge in [-0.15, -0.1) is 0 Å². The Labute approximate surface area is 96.2 Å². The quantitative estimate of drug-likeness (QED) is 0.384. The maximum Gasteiger partial charge on any atom is -0.0294 e. The number of allylic oxidation sites excluding steroid dienone is 1. The van der Waals surface area contributed by atoms with Gasteiger partial charge in [0.1, 0.15) is 0 Å². The predicted octanol–water partition coefficient (Wildman–Crippen LogP) is 5.48. The minimum Gasteiger partial charge on any atom is -0.0999 e. The molecule has 15 heavy (non-hydrogen) atoms. The van der Waals surface area contributed by atoms with Crippen molar-refractivity contribution in [3.05, 3.63) is 12.2 Å². The van der Waals surface area contributed by atoms with Gasteiger partial charge < -0.3 is 0 Å². The molecule has 1 unspecified atom stereocenters. The SMILES string of the molecule is C=C1CCCC(CCCCCCCC)C1. The third-order valence-corrected chi connectivity index (χ3v) is 3.69. The van der Waals surface area contributed by atoms with Crippen LogP contribution in [-0.4, -0.2) is 0 Å². The van der Waals surface area contributed by atoms with Gasteiger partial charge in [0, 0.05) is 0 Å². The summed E-state index contributed by atoms with van der Waals surface area (Å²) in [5, 5.41) is 0. The molecule has 0 spiro atoms. The van der Waals surface area contributed by atoms with Crippen molar-refractivity contribution in [1.82, 2.24) is 0 Å². The van der Waals surface area contributed by atoms with Crippen LogP contribution in [0.1, 0.15) is 77.6 Å². The van der Waals surface area contributed by atoms with Crippen LogP contribution >= 0.6 is 0 Å². The standard InChI is InChI=1S/C15H28/c1-3-4-5-6-7-8-11-15-12-9-10-14(2)13-15/h15H,2-13H2,1H3. The Bertz CT molecular complexity index is 169. The average molecular weight is 208 g/mol. The summed E-state index contributed by atoms with van der Waals surface area (Å²) in [6.07, 6.45) is 15.6. The van der Waals surface area contributed by atoms with E-state index in [0.717, 1.165) is 5.92 Å². The first kappa shape index (κ1) is 12.8. The molecular formula is C15H28. The summed E-state index contributed by atoms with van der Waals surface area (Å²) in [6, 6.07) is 0. The molecule has 1 fully saturated rings. The van der Waals surface area contributed by atoms with Crippen molar-refractivity contribution in [2.24, 2.45) is 5.92 Å². The molecule has 0 aromatic heterocycles. The van der Waals surface area contributed by atoms with Crippen molar-refractivity contribution in [1.29, 1.82) is 0 Å². The van der Waals surface area contributed by atoms with Crippen molar-refractivity contribution in [3.63, 3.8) is 0 Å². The van der Waals surface area contributed by atoms with Crippen molar-refractivity contribution < 1.29 is 0 Å². The van der Waals surface area contributed by atoms with Crippen LogP contribution < -0.4 is 0 Å². The number of hydrogen-bond donors (Lipinski definition) is 0. The zero-order valence-electron chi connectivity index (χ0n) is 10.6. The first-order valence-electron chi connectivity index (χ1n) is 6.99. The van der Waals surface area contributed by atoms with Crippen molar-refractivity contribution >= 4 is 0 Å². The summed E-state index contributed by atoms with van der Waals surface area (Å²) in [7, 11) is 0. The first-order chi connectivity index (χ1) is 7.33. The van der Waals surface area contributed by atoms with E-state index in [1.807, 2.05) is 0 Å². The fourth-order valence-corrected chi connectivity index (χ4v) is 2.71. The molecule has 1 rings (SSSR count). The van der Waals surface area contributed by atoms with Crippen LogP contribution in [0.2, 0.25) is 0 Å². The Morgan fingerprint density at radius 3 is 2.60 bits per heavy atom. The molecule has 0 heterocycles. The Morgan fingerprint density at radius 2 is 1.87 bits per heavy atom. The van der Waals surface area contributed by atoms with Crippen LogP contribution in [0.25, 0.3) is 0 Å². The molecule has 0 aromatic carbocycles. The summed E-state index contributed by atoms with van der Waals surface area (Å²) in [4.78, 5) is 0. The second-order valence-electron chi connectivity index (χ2n) is 5.27. The molecule has 0 saturated heterocycles. The second kappa shape index (κ2) is 7.96. The van der Waals surface area contributed by atoms with Gasteiger partial charge in [0.25, 0.3) is 0 Å². The van der Waals surface area contributed by atoms with E-state index in [4.69, 9.17) is 0 Å². The third kappa shape index (κ3) is 6.02. The summed E-state index contributed by atoms with van der Waals surface area (Å²) in [5.74, 6) is 0.984. The minimum atomic E-state index is 0.984. The van der Waals surface area contributed by atoms with Crippen LogP contribution in [0.3, 0.4) is 0 Å². The molecule has 0 radical (unpaired) electrons. The van der Waals surface area contributed by atoms with Crippen LogP contribution in [0.5, 0.6) is 0 Å². The lowest BCUT2D eigenvalue weighted by atomic mass is 9.83. The van der Waals surface area contributed by atoms with Crippen LogP contribution in [0.4, 0.5) is 0 Å². The van der Waals surface area contributed by atoms with E-state index in [9.17, 15) is 0 Å². The minimum absolute atomic E-state index is 0.984. The molecule has 0 amide bonds. The first-order valence-corrected chi connectivity index (χ1v) is 6.99.